The number of fused-ring (bicyclic) bond motifs is 1. The van der Waals surface area contributed by atoms with E-state index < -0.39 is 12.0 Å². The van der Waals surface area contributed by atoms with Crippen LogP contribution in [0.1, 0.15) is 34.5 Å². The van der Waals surface area contributed by atoms with Gasteiger partial charge in [-0.15, -0.1) is 0 Å². The quantitative estimate of drug-likeness (QED) is 0.636. The maximum atomic E-state index is 13.2. The van der Waals surface area contributed by atoms with Crippen LogP contribution in [0.5, 0.6) is 0 Å². The van der Waals surface area contributed by atoms with Crippen LogP contribution >= 0.6 is 0 Å². The number of carbonyl (C=O) groups excluding carboxylic acids is 2. The van der Waals surface area contributed by atoms with Crippen LogP contribution in [-0.4, -0.2) is 33.8 Å². The van der Waals surface area contributed by atoms with Crippen LogP contribution in [-0.2, 0) is 16.1 Å². The number of hydrogen-bond acceptors (Lipinski definition) is 6. The van der Waals surface area contributed by atoms with Gasteiger partial charge in [-0.3, -0.25) is 4.79 Å². The summed E-state index contributed by atoms with van der Waals surface area (Å²) in [6.45, 7) is 2.25. The van der Waals surface area contributed by atoms with Crippen LogP contribution in [0.3, 0.4) is 0 Å². The summed E-state index contributed by atoms with van der Waals surface area (Å²) in [5.74, 6) is -0.0675. The Kier molecular flexibility index (Phi) is 5.30. The molecule has 0 saturated carbocycles. The number of nitrogens with one attached hydrogen (secondary N) is 2. The average Bonchev–Trinajstić information content (AvgIpc) is 3.24. The second-order valence-electron chi connectivity index (χ2n) is 6.88. The lowest BCUT2D eigenvalue weighted by atomic mass is 9.94. The molecule has 4 rings (SSSR count). The lowest BCUT2D eigenvalue weighted by Gasteiger charge is -2.28. The predicted octanol–water partition coefficient (Wildman–Crippen LogP) is 2.67. The van der Waals surface area contributed by atoms with Gasteiger partial charge in [0.1, 0.15) is 12.4 Å². The number of nitrogens with zero attached hydrogens (tertiary/aromatic N) is 3. The summed E-state index contributed by atoms with van der Waals surface area (Å²) in [4.78, 5) is 29.2. The number of rotatable bonds is 5. The van der Waals surface area contributed by atoms with Crippen LogP contribution in [0.2, 0.25) is 0 Å². The molecule has 1 aliphatic heterocycles. The number of ether oxygens (including phenoxy) is 1. The summed E-state index contributed by atoms with van der Waals surface area (Å²) < 4.78 is 6.43. The zero-order chi connectivity index (χ0) is 21.1. The fraction of sp³-hybridized carbons (Fsp3) is 0.182. The maximum Gasteiger partial charge on any atom is 0.337 e. The van der Waals surface area contributed by atoms with Crippen molar-refractivity contribution in [3.8, 4) is 0 Å². The number of amides is 1. The number of aromatic nitrogens is 3. The van der Waals surface area contributed by atoms with Crippen molar-refractivity contribution in [2.45, 2.75) is 19.5 Å². The van der Waals surface area contributed by atoms with Crippen molar-refractivity contribution in [3.05, 3.63) is 88.9 Å². The second kappa shape index (κ2) is 8.20. The van der Waals surface area contributed by atoms with E-state index in [1.807, 2.05) is 37.3 Å². The minimum absolute atomic E-state index is 0.202. The number of hydrogen-bond donors (Lipinski definition) is 2. The molecule has 8 nitrogen and oxygen atoms in total. The monoisotopic (exact) mass is 403 g/mol. The summed E-state index contributed by atoms with van der Waals surface area (Å²) in [7, 11) is 1.34. The van der Waals surface area contributed by atoms with Crippen LogP contribution in [0.25, 0.3) is 0 Å². The first-order valence-corrected chi connectivity index (χ1v) is 9.46. The van der Waals surface area contributed by atoms with Crippen LogP contribution in [0, 0.1) is 0 Å². The van der Waals surface area contributed by atoms with E-state index in [0.717, 1.165) is 11.1 Å². The van der Waals surface area contributed by atoms with Gasteiger partial charge in [0.15, 0.2) is 0 Å². The molecule has 2 N–H and O–H groups in total. The van der Waals surface area contributed by atoms with Gasteiger partial charge >= 0.3 is 5.97 Å². The minimum atomic E-state index is -0.480. The highest BCUT2D eigenvalue weighted by Gasteiger charge is 2.33. The number of esters is 1. The molecule has 3 aromatic rings. The van der Waals surface area contributed by atoms with E-state index in [0.29, 0.717) is 29.3 Å². The predicted molar refractivity (Wildman–Crippen MR) is 111 cm³/mol. The zero-order valence-corrected chi connectivity index (χ0v) is 16.6. The van der Waals surface area contributed by atoms with Gasteiger partial charge in [0.2, 0.25) is 5.95 Å². The number of methoxy groups -OCH3 is 1. The molecule has 1 atom stereocenters. The lowest BCUT2D eigenvalue weighted by molar-refractivity contribution is -0.118. The molecule has 2 heterocycles. The molecule has 1 aliphatic rings. The number of anilines is 1. The van der Waals surface area contributed by atoms with E-state index in [-0.39, 0.29) is 5.91 Å². The van der Waals surface area contributed by atoms with Crippen molar-refractivity contribution >= 4 is 17.8 Å². The molecule has 0 spiro atoms. The Morgan fingerprint density at radius 1 is 1.13 bits per heavy atom. The zero-order valence-electron chi connectivity index (χ0n) is 16.6. The van der Waals surface area contributed by atoms with Gasteiger partial charge in [-0.05, 0) is 30.2 Å². The van der Waals surface area contributed by atoms with Gasteiger partial charge in [-0.1, -0.05) is 42.5 Å². The highest BCUT2D eigenvalue weighted by Crippen LogP contribution is 2.34. The molecule has 0 radical (unpaired) electrons. The first-order valence-electron chi connectivity index (χ1n) is 9.46. The first kappa shape index (κ1) is 19.4. The number of allylic oxidation sites excluding steroid dienone is 1. The van der Waals surface area contributed by atoms with Gasteiger partial charge in [0, 0.05) is 12.2 Å². The third kappa shape index (κ3) is 3.67. The second-order valence-corrected chi connectivity index (χ2v) is 6.88. The van der Waals surface area contributed by atoms with Crippen LogP contribution in [0.15, 0.2) is 72.2 Å². The van der Waals surface area contributed by atoms with E-state index in [1.165, 1.54) is 13.4 Å². The Labute approximate surface area is 173 Å². The van der Waals surface area contributed by atoms with Crippen molar-refractivity contribution in [3.63, 3.8) is 0 Å². The summed E-state index contributed by atoms with van der Waals surface area (Å²) >= 11 is 0. The number of benzene rings is 2. The molecule has 0 fully saturated rings. The van der Waals surface area contributed by atoms with E-state index in [2.05, 4.69) is 20.7 Å². The van der Waals surface area contributed by atoms with Crippen molar-refractivity contribution in [1.82, 2.24) is 20.1 Å². The SMILES string of the molecule is COC(=O)c1ccc([C@H]2C(C(=O)NCc3ccccc3)=C(C)Nc3ncnn32)cc1. The van der Waals surface area contributed by atoms with Crippen molar-refractivity contribution in [2.24, 2.45) is 0 Å². The van der Waals surface area contributed by atoms with E-state index in [4.69, 9.17) is 4.74 Å². The molecule has 8 heteroatoms. The molecule has 0 aliphatic carbocycles. The standard InChI is InChI=1S/C22H21N5O3/c1-14-18(20(28)23-12-15-6-4-3-5-7-15)19(27-22(26-14)24-13-25-27)16-8-10-17(11-9-16)21(29)30-2/h3-11,13,19H,12H2,1-2H3,(H,23,28)(H,24,25,26)/t19-/m0/s1. The summed E-state index contributed by atoms with van der Waals surface area (Å²) in [6, 6.07) is 16.2. The molecule has 0 unspecified atom stereocenters. The van der Waals surface area contributed by atoms with Crippen LogP contribution in [0.4, 0.5) is 5.95 Å². The van der Waals surface area contributed by atoms with Crippen molar-refractivity contribution < 1.29 is 14.3 Å². The fourth-order valence-electron chi connectivity index (χ4n) is 3.49. The van der Waals surface area contributed by atoms with Gasteiger partial charge in [-0.25, -0.2) is 9.48 Å². The normalized spacial score (nSPS) is 15.2. The molecule has 30 heavy (non-hydrogen) atoms. The van der Waals surface area contributed by atoms with Gasteiger partial charge < -0.3 is 15.4 Å². The third-order valence-corrected chi connectivity index (χ3v) is 4.98. The average molecular weight is 403 g/mol. The van der Waals surface area contributed by atoms with Crippen LogP contribution < -0.4 is 10.6 Å². The fourth-order valence-corrected chi connectivity index (χ4v) is 3.49. The Morgan fingerprint density at radius 2 is 1.87 bits per heavy atom. The third-order valence-electron chi connectivity index (χ3n) is 4.98. The highest BCUT2D eigenvalue weighted by molar-refractivity contribution is 5.96. The molecular formula is C22H21N5O3. The topological polar surface area (TPSA) is 98.1 Å². The Hall–Kier alpha value is -3.94. The molecule has 1 aromatic heterocycles. The van der Waals surface area contributed by atoms with Gasteiger partial charge in [0.05, 0.1) is 18.2 Å². The van der Waals surface area contributed by atoms with E-state index >= 15 is 0 Å². The minimum Gasteiger partial charge on any atom is -0.465 e. The number of carbonyl (C=O) groups is 2. The lowest BCUT2D eigenvalue weighted by Crippen LogP contribution is -2.34. The summed E-state index contributed by atoms with van der Waals surface area (Å²) in [6.07, 6.45) is 1.44. The highest BCUT2D eigenvalue weighted by atomic mass is 16.5. The maximum absolute atomic E-state index is 13.2. The molecule has 0 bridgehead atoms. The summed E-state index contributed by atoms with van der Waals surface area (Å²) in [5.41, 5.74) is 3.48. The largest absolute Gasteiger partial charge is 0.465 e. The smallest absolute Gasteiger partial charge is 0.337 e. The molecule has 1 amide bonds. The molecule has 152 valence electrons. The molecule has 2 aromatic carbocycles. The first-order chi connectivity index (χ1) is 14.6. The summed E-state index contributed by atoms with van der Waals surface area (Å²) in [5, 5.41) is 10.4. The Bertz CT molecular complexity index is 1100. The van der Waals surface area contributed by atoms with Gasteiger partial charge in [-0.2, -0.15) is 10.1 Å². The molecule has 0 saturated heterocycles. The Balaban J connectivity index is 1.66. The van der Waals surface area contributed by atoms with Gasteiger partial charge in [0.25, 0.3) is 5.91 Å². The van der Waals surface area contributed by atoms with E-state index in [9.17, 15) is 9.59 Å². The molecular weight excluding hydrogens is 382 g/mol. The van der Waals surface area contributed by atoms with Crippen molar-refractivity contribution in [1.29, 1.82) is 0 Å². The van der Waals surface area contributed by atoms with Crippen molar-refractivity contribution in [2.75, 3.05) is 12.4 Å². The van der Waals surface area contributed by atoms with E-state index in [1.54, 1.807) is 28.9 Å². The Morgan fingerprint density at radius 3 is 2.57 bits per heavy atom.